The van der Waals surface area contributed by atoms with Crippen LogP contribution in [0.3, 0.4) is 0 Å². The molecule has 1 N–H and O–H groups in total. The van der Waals surface area contributed by atoms with Crippen molar-refractivity contribution in [2.24, 2.45) is 0 Å². The summed E-state index contributed by atoms with van der Waals surface area (Å²) in [6, 6.07) is 4.43. The molecule has 2 aromatic heterocycles. The van der Waals surface area contributed by atoms with Crippen LogP contribution in [0, 0.1) is 0 Å². The summed E-state index contributed by atoms with van der Waals surface area (Å²) in [5, 5.41) is 12.5. The number of aryl methyl sites for hydroxylation is 1. The standard InChI is InChI=1S/C14H20N4S/c1-17(9-12-3-6-19-11-12)10-13-7-14-8-15-4-2-5-18(14)16-13/h3,6-7,11,15H,2,4-5,8-10H2,1H3. The lowest BCUT2D eigenvalue weighted by Gasteiger charge is -2.13. The maximum absolute atomic E-state index is 4.72. The van der Waals surface area contributed by atoms with Crippen LogP contribution >= 0.6 is 11.3 Å². The molecule has 1 aliphatic heterocycles. The molecule has 4 nitrogen and oxygen atoms in total. The molecular weight excluding hydrogens is 256 g/mol. The van der Waals surface area contributed by atoms with Gasteiger partial charge in [-0.1, -0.05) is 0 Å². The molecule has 3 heterocycles. The quantitative estimate of drug-likeness (QED) is 0.928. The highest BCUT2D eigenvalue weighted by molar-refractivity contribution is 7.07. The molecule has 1 aliphatic rings. The van der Waals surface area contributed by atoms with E-state index >= 15 is 0 Å². The van der Waals surface area contributed by atoms with Crippen molar-refractivity contribution in [3.63, 3.8) is 0 Å². The molecule has 102 valence electrons. The second-order valence-electron chi connectivity index (χ2n) is 5.18. The molecule has 0 aromatic carbocycles. The lowest BCUT2D eigenvalue weighted by atomic mass is 10.3. The van der Waals surface area contributed by atoms with Gasteiger partial charge >= 0.3 is 0 Å². The highest BCUT2D eigenvalue weighted by Crippen LogP contribution is 2.13. The minimum atomic E-state index is 0.913. The molecular formula is C14H20N4S. The molecule has 0 radical (unpaired) electrons. The Morgan fingerprint density at radius 1 is 1.47 bits per heavy atom. The van der Waals surface area contributed by atoms with Crippen LogP contribution in [0.2, 0.25) is 0 Å². The predicted molar refractivity (Wildman–Crippen MR) is 78.0 cm³/mol. The highest BCUT2D eigenvalue weighted by Gasteiger charge is 2.12. The molecule has 0 atom stereocenters. The van der Waals surface area contributed by atoms with E-state index in [2.05, 4.69) is 44.8 Å². The summed E-state index contributed by atoms with van der Waals surface area (Å²) in [4.78, 5) is 2.32. The molecule has 0 saturated heterocycles. The predicted octanol–water partition coefficient (Wildman–Crippen LogP) is 2.07. The fourth-order valence-electron chi connectivity index (χ4n) is 2.53. The Bertz CT molecular complexity index is 494. The molecule has 0 saturated carbocycles. The first kappa shape index (κ1) is 12.8. The first-order chi connectivity index (χ1) is 9.31. The molecule has 0 bridgehead atoms. The normalized spacial score (nSPS) is 15.5. The van der Waals surface area contributed by atoms with Crippen LogP contribution in [0.1, 0.15) is 23.4 Å². The zero-order valence-electron chi connectivity index (χ0n) is 11.3. The maximum atomic E-state index is 4.72. The highest BCUT2D eigenvalue weighted by atomic mass is 32.1. The topological polar surface area (TPSA) is 33.1 Å². The van der Waals surface area contributed by atoms with Crippen molar-refractivity contribution in [3.05, 3.63) is 39.8 Å². The van der Waals surface area contributed by atoms with Crippen LogP contribution < -0.4 is 5.32 Å². The fraction of sp³-hybridized carbons (Fsp3) is 0.500. The van der Waals surface area contributed by atoms with Crippen molar-refractivity contribution in [1.82, 2.24) is 20.0 Å². The van der Waals surface area contributed by atoms with Gasteiger partial charge in [0.2, 0.25) is 0 Å². The Labute approximate surface area is 118 Å². The number of thiophene rings is 1. The summed E-state index contributed by atoms with van der Waals surface area (Å²) in [5.41, 5.74) is 3.88. The van der Waals surface area contributed by atoms with Gasteiger partial charge in [0.15, 0.2) is 0 Å². The van der Waals surface area contributed by atoms with Gasteiger partial charge in [-0.25, -0.2) is 0 Å². The second-order valence-corrected chi connectivity index (χ2v) is 5.96. The van der Waals surface area contributed by atoms with E-state index in [1.807, 2.05) is 0 Å². The average molecular weight is 276 g/mol. The monoisotopic (exact) mass is 276 g/mol. The molecule has 0 fully saturated rings. The van der Waals surface area contributed by atoms with Gasteiger partial charge in [0.1, 0.15) is 0 Å². The Balaban J connectivity index is 1.63. The first-order valence-electron chi connectivity index (χ1n) is 6.77. The van der Waals surface area contributed by atoms with E-state index in [9.17, 15) is 0 Å². The fourth-order valence-corrected chi connectivity index (χ4v) is 3.18. The molecule has 0 unspecified atom stereocenters. The van der Waals surface area contributed by atoms with Crippen molar-refractivity contribution in [3.8, 4) is 0 Å². The Kier molecular flexibility index (Phi) is 3.96. The van der Waals surface area contributed by atoms with Crippen LogP contribution in [-0.4, -0.2) is 28.3 Å². The number of nitrogens with one attached hydrogen (secondary N) is 1. The van der Waals surface area contributed by atoms with Crippen molar-refractivity contribution in [1.29, 1.82) is 0 Å². The number of hydrogen-bond acceptors (Lipinski definition) is 4. The number of aromatic nitrogens is 2. The molecule has 19 heavy (non-hydrogen) atoms. The summed E-state index contributed by atoms with van der Waals surface area (Å²) in [7, 11) is 2.15. The van der Waals surface area contributed by atoms with Crippen LogP contribution in [0.15, 0.2) is 22.9 Å². The summed E-state index contributed by atoms with van der Waals surface area (Å²) in [6.45, 7) is 4.98. The smallest absolute Gasteiger partial charge is 0.0768 e. The summed E-state index contributed by atoms with van der Waals surface area (Å²) in [5.74, 6) is 0. The van der Waals surface area contributed by atoms with Gasteiger partial charge in [-0.15, -0.1) is 0 Å². The molecule has 0 amide bonds. The molecule has 0 spiro atoms. The van der Waals surface area contributed by atoms with E-state index in [0.717, 1.165) is 32.7 Å². The van der Waals surface area contributed by atoms with Gasteiger partial charge in [-0.2, -0.15) is 16.4 Å². The van der Waals surface area contributed by atoms with E-state index in [1.54, 1.807) is 11.3 Å². The minimum absolute atomic E-state index is 0.913. The maximum Gasteiger partial charge on any atom is 0.0768 e. The lowest BCUT2D eigenvalue weighted by molar-refractivity contribution is 0.314. The third-order valence-electron chi connectivity index (χ3n) is 3.41. The van der Waals surface area contributed by atoms with Crippen molar-refractivity contribution in [2.45, 2.75) is 32.6 Å². The van der Waals surface area contributed by atoms with E-state index < -0.39 is 0 Å². The van der Waals surface area contributed by atoms with Crippen LogP contribution in [0.4, 0.5) is 0 Å². The van der Waals surface area contributed by atoms with Crippen LogP contribution in [-0.2, 0) is 26.2 Å². The van der Waals surface area contributed by atoms with Gasteiger partial charge in [0, 0.05) is 26.2 Å². The van der Waals surface area contributed by atoms with Gasteiger partial charge < -0.3 is 5.32 Å². The average Bonchev–Trinajstić information content (AvgIpc) is 2.95. The van der Waals surface area contributed by atoms with Crippen molar-refractivity contribution >= 4 is 11.3 Å². The van der Waals surface area contributed by atoms with E-state index in [4.69, 9.17) is 5.10 Å². The zero-order chi connectivity index (χ0) is 13.1. The van der Waals surface area contributed by atoms with Gasteiger partial charge in [0.25, 0.3) is 0 Å². The number of nitrogens with zero attached hydrogens (tertiary/aromatic N) is 3. The van der Waals surface area contributed by atoms with E-state index in [-0.39, 0.29) is 0 Å². The summed E-state index contributed by atoms with van der Waals surface area (Å²) >= 11 is 1.76. The van der Waals surface area contributed by atoms with Crippen LogP contribution in [0.5, 0.6) is 0 Å². The second kappa shape index (κ2) is 5.86. The SMILES string of the molecule is CN(Cc1ccsc1)Cc1cc2n(n1)CCCNC2. The third kappa shape index (κ3) is 3.23. The summed E-state index contributed by atoms with van der Waals surface area (Å²) < 4.78 is 2.16. The minimum Gasteiger partial charge on any atom is -0.311 e. The van der Waals surface area contributed by atoms with Crippen molar-refractivity contribution < 1.29 is 0 Å². The molecule has 0 aliphatic carbocycles. The van der Waals surface area contributed by atoms with Gasteiger partial charge in [-0.05, 0) is 48.5 Å². The summed E-state index contributed by atoms with van der Waals surface area (Å²) in [6.07, 6.45) is 1.17. The largest absolute Gasteiger partial charge is 0.311 e. The van der Waals surface area contributed by atoms with E-state index in [1.165, 1.54) is 23.4 Å². The third-order valence-corrected chi connectivity index (χ3v) is 4.14. The lowest BCUT2D eigenvalue weighted by Crippen LogP contribution is -2.17. The van der Waals surface area contributed by atoms with Gasteiger partial charge in [-0.3, -0.25) is 9.58 Å². The Morgan fingerprint density at radius 3 is 3.26 bits per heavy atom. The molecule has 3 rings (SSSR count). The molecule has 2 aromatic rings. The van der Waals surface area contributed by atoms with Crippen LogP contribution in [0.25, 0.3) is 0 Å². The van der Waals surface area contributed by atoms with Crippen molar-refractivity contribution in [2.75, 3.05) is 13.6 Å². The number of hydrogen-bond donors (Lipinski definition) is 1. The number of fused-ring (bicyclic) bond motifs is 1. The molecule has 5 heteroatoms. The Morgan fingerprint density at radius 2 is 2.42 bits per heavy atom. The first-order valence-corrected chi connectivity index (χ1v) is 7.71. The number of rotatable bonds is 4. The zero-order valence-corrected chi connectivity index (χ0v) is 12.1. The van der Waals surface area contributed by atoms with Gasteiger partial charge in [0.05, 0.1) is 11.4 Å². The van der Waals surface area contributed by atoms with E-state index in [0.29, 0.717) is 0 Å². The Hall–Kier alpha value is -1.17.